The SMILES string of the molecule is Cc1nnc2c(NCc3cscn3)nccn12. The average molecular weight is 246 g/mol. The van der Waals surface area contributed by atoms with Gasteiger partial charge in [-0.05, 0) is 6.92 Å². The Bertz CT molecular complexity index is 629. The van der Waals surface area contributed by atoms with Crippen LogP contribution in [0, 0.1) is 6.92 Å². The van der Waals surface area contributed by atoms with Crippen LogP contribution >= 0.6 is 11.3 Å². The number of fused-ring (bicyclic) bond motifs is 1. The Hall–Kier alpha value is -2.02. The van der Waals surface area contributed by atoms with Crippen LogP contribution in [0.25, 0.3) is 5.65 Å². The molecule has 0 amide bonds. The summed E-state index contributed by atoms with van der Waals surface area (Å²) in [5.74, 6) is 1.57. The van der Waals surface area contributed by atoms with Crippen molar-refractivity contribution in [3.63, 3.8) is 0 Å². The highest BCUT2D eigenvalue weighted by atomic mass is 32.1. The van der Waals surface area contributed by atoms with E-state index in [4.69, 9.17) is 0 Å². The molecule has 0 aliphatic rings. The fourth-order valence-electron chi connectivity index (χ4n) is 1.57. The van der Waals surface area contributed by atoms with Crippen molar-refractivity contribution in [3.8, 4) is 0 Å². The van der Waals surface area contributed by atoms with Gasteiger partial charge in [-0.3, -0.25) is 4.40 Å². The second-order valence-corrected chi connectivity index (χ2v) is 4.27. The number of hydrogen-bond donors (Lipinski definition) is 1. The zero-order valence-electron chi connectivity index (χ0n) is 9.16. The minimum Gasteiger partial charge on any atom is -0.361 e. The molecule has 0 spiro atoms. The first-order valence-electron chi connectivity index (χ1n) is 5.12. The van der Waals surface area contributed by atoms with Crippen LogP contribution in [0.5, 0.6) is 0 Å². The zero-order chi connectivity index (χ0) is 11.7. The summed E-state index contributed by atoms with van der Waals surface area (Å²) in [6.45, 7) is 2.55. The number of nitrogens with zero attached hydrogens (tertiary/aromatic N) is 5. The van der Waals surface area contributed by atoms with E-state index < -0.39 is 0 Å². The Morgan fingerprint density at radius 2 is 2.29 bits per heavy atom. The molecule has 0 saturated heterocycles. The van der Waals surface area contributed by atoms with Gasteiger partial charge in [0.2, 0.25) is 5.65 Å². The molecule has 0 aromatic carbocycles. The maximum Gasteiger partial charge on any atom is 0.203 e. The van der Waals surface area contributed by atoms with Crippen molar-refractivity contribution < 1.29 is 0 Å². The van der Waals surface area contributed by atoms with Crippen molar-refractivity contribution in [3.05, 3.63) is 34.8 Å². The largest absolute Gasteiger partial charge is 0.361 e. The molecule has 3 rings (SSSR count). The van der Waals surface area contributed by atoms with Gasteiger partial charge in [0.25, 0.3) is 0 Å². The van der Waals surface area contributed by atoms with Gasteiger partial charge in [-0.2, -0.15) is 0 Å². The van der Waals surface area contributed by atoms with E-state index >= 15 is 0 Å². The maximum atomic E-state index is 4.26. The van der Waals surface area contributed by atoms with E-state index in [0.717, 1.165) is 23.0 Å². The number of nitrogens with one attached hydrogen (secondary N) is 1. The normalized spacial score (nSPS) is 10.9. The van der Waals surface area contributed by atoms with Crippen LogP contribution in [-0.2, 0) is 6.54 Å². The Labute approximate surface area is 101 Å². The molecular formula is C10H10N6S. The summed E-state index contributed by atoms with van der Waals surface area (Å²) in [6.07, 6.45) is 3.57. The summed E-state index contributed by atoms with van der Waals surface area (Å²) in [5.41, 5.74) is 3.54. The number of thiazole rings is 1. The first-order chi connectivity index (χ1) is 8.34. The smallest absolute Gasteiger partial charge is 0.203 e. The van der Waals surface area contributed by atoms with E-state index in [1.165, 1.54) is 0 Å². The van der Waals surface area contributed by atoms with Crippen molar-refractivity contribution in [2.45, 2.75) is 13.5 Å². The molecule has 0 fully saturated rings. The van der Waals surface area contributed by atoms with Crippen molar-refractivity contribution in [2.75, 3.05) is 5.32 Å². The molecule has 17 heavy (non-hydrogen) atoms. The van der Waals surface area contributed by atoms with Gasteiger partial charge in [0.05, 0.1) is 17.7 Å². The Morgan fingerprint density at radius 3 is 3.12 bits per heavy atom. The summed E-state index contributed by atoms with van der Waals surface area (Å²) in [4.78, 5) is 8.46. The molecule has 1 N–H and O–H groups in total. The Balaban J connectivity index is 1.90. The molecule has 3 heterocycles. The molecule has 0 unspecified atom stereocenters. The molecule has 0 aliphatic carbocycles. The molecule has 0 radical (unpaired) electrons. The highest BCUT2D eigenvalue weighted by Crippen LogP contribution is 2.13. The zero-order valence-corrected chi connectivity index (χ0v) is 9.98. The van der Waals surface area contributed by atoms with Gasteiger partial charge < -0.3 is 5.32 Å². The van der Waals surface area contributed by atoms with Gasteiger partial charge in [-0.1, -0.05) is 0 Å². The van der Waals surface area contributed by atoms with Crippen LogP contribution in [0.15, 0.2) is 23.3 Å². The van der Waals surface area contributed by atoms with Crippen molar-refractivity contribution >= 4 is 22.8 Å². The second-order valence-electron chi connectivity index (χ2n) is 3.55. The highest BCUT2D eigenvalue weighted by molar-refractivity contribution is 7.07. The maximum absolute atomic E-state index is 4.26. The van der Waals surface area contributed by atoms with Crippen molar-refractivity contribution in [1.82, 2.24) is 24.6 Å². The molecule has 0 aliphatic heterocycles. The molecule has 0 saturated carbocycles. The number of rotatable bonds is 3. The number of anilines is 1. The lowest BCUT2D eigenvalue weighted by Crippen LogP contribution is -2.04. The third-order valence-corrected chi connectivity index (χ3v) is 3.05. The predicted molar refractivity (Wildman–Crippen MR) is 65.0 cm³/mol. The van der Waals surface area contributed by atoms with Crippen LogP contribution in [0.1, 0.15) is 11.5 Å². The first kappa shape index (κ1) is 10.2. The molecule has 86 valence electrons. The van der Waals surface area contributed by atoms with Gasteiger partial charge in [0.15, 0.2) is 5.82 Å². The monoisotopic (exact) mass is 246 g/mol. The van der Waals surface area contributed by atoms with E-state index in [-0.39, 0.29) is 0 Å². The quantitative estimate of drug-likeness (QED) is 0.758. The van der Waals surface area contributed by atoms with Crippen molar-refractivity contribution in [2.24, 2.45) is 0 Å². The lowest BCUT2D eigenvalue weighted by atomic mass is 10.4. The van der Waals surface area contributed by atoms with E-state index in [2.05, 4.69) is 25.5 Å². The van der Waals surface area contributed by atoms with E-state index in [1.54, 1.807) is 17.5 Å². The molecular weight excluding hydrogens is 236 g/mol. The van der Waals surface area contributed by atoms with Gasteiger partial charge in [0, 0.05) is 17.8 Å². The van der Waals surface area contributed by atoms with Crippen molar-refractivity contribution in [1.29, 1.82) is 0 Å². The molecule has 6 nitrogen and oxygen atoms in total. The Kier molecular flexibility index (Phi) is 2.45. The lowest BCUT2D eigenvalue weighted by molar-refractivity contribution is 0.998. The van der Waals surface area contributed by atoms with Crippen LogP contribution < -0.4 is 5.32 Å². The third-order valence-electron chi connectivity index (χ3n) is 2.42. The third kappa shape index (κ3) is 1.84. The fourth-order valence-corrected chi connectivity index (χ4v) is 2.12. The summed E-state index contributed by atoms with van der Waals surface area (Å²) < 4.78 is 1.90. The Morgan fingerprint density at radius 1 is 1.35 bits per heavy atom. The fraction of sp³-hybridized carbons (Fsp3) is 0.200. The molecule has 3 aromatic rings. The predicted octanol–water partition coefficient (Wildman–Crippen LogP) is 1.50. The minimum absolute atomic E-state index is 0.641. The van der Waals surface area contributed by atoms with Crippen LogP contribution in [-0.4, -0.2) is 24.6 Å². The lowest BCUT2D eigenvalue weighted by Gasteiger charge is -2.04. The van der Waals surface area contributed by atoms with Gasteiger partial charge in [-0.15, -0.1) is 21.5 Å². The summed E-state index contributed by atoms with van der Waals surface area (Å²) >= 11 is 1.58. The minimum atomic E-state index is 0.641. The number of hydrogen-bond acceptors (Lipinski definition) is 6. The number of aromatic nitrogens is 5. The standard InChI is InChI=1S/C10H10N6S/c1-7-14-15-10-9(11-2-3-16(7)10)12-4-8-5-17-6-13-8/h2-3,5-6H,4H2,1H3,(H,11,12). The van der Waals surface area contributed by atoms with Gasteiger partial charge in [0.1, 0.15) is 5.82 Å². The summed E-state index contributed by atoms with van der Waals surface area (Å²) in [5, 5.41) is 13.3. The van der Waals surface area contributed by atoms with E-state index in [0.29, 0.717) is 6.54 Å². The molecule has 3 aromatic heterocycles. The van der Waals surface area contributed by atoms with Gasteiger partial charge >= 0.3 is 0 Å². The van der Waals surface area contributed by atoms with Crippen LogP contribution in [0.4, 0.5) is 5.82 Å². The summed E-state index contributed by atoms with van der Waals surface area (Å²) in [6, 6.07) is 0. The first-order valence-corrected chi connectivity index (χ1v) is 6.06. The van der Waals surface area contributed by atoms with Gasteiger partial charge in [-0.25, -0.2) is 9.97 Å². The summed E-state index contributed by atoms with van der Waals surface area (Å²) in [7, 11) is 0. The highest BCUT2D eigenvalue weighted by Gasteiger charge is 2.07. The van der Waals surface area contributed by atoms with Crippen LogP contribution in [0.3, 0.4) is 0 Å². The number of aryl methyl sites for hydroxylation is 1. The molecule has 0 bridgehead atoms. The second kappa shape index (κ2) is 4.10. The van der Waals surface area contributed by atoms with Crippen LogP contribution in [0.2, 0.25) is 0 Å². The molecule has 7 heteroatoms. The molecule has 0 atom stereocenters. The van der Waals surface area contributed by atoms with E-state index in [9.17, 15) is 0 Å². The topological polar surface area (TPSA) is 68.0 Å². The van der Waals surface area contributed by atoms with E-state index in [1.807, 2.05) is 28.4 Å². The average Bonchev–Trinajstić information content (AvgIpc) is 2.97.